The molecular formula is C10H10BrN3. The molecule has 1 aliphatic rings. The number of nitrogens with two attached hydrogens (primary N) is 1. The zero-order valence-corrected chi connectivity index (χ0v) is 9.05. The highest BCUT2D eigenvalue weighted by atomic mass is 79.9. The zero-order chi connectivity index (χ0) is 9.97. The molecule has 0 fully saturated rings. The molecule has 0 radical (unpaired) electrons. The first-order valence-electron chi connectivity index (χ1n) is 4.27. The molecule has 1 aromatic carbocycles. The molecule has 0 aromatic heterocycles. The average Bonchev–Trinajstić information content (AvgIpc) is 2.20. The van der Waals surface area contributed by atoms with E-state index in [0.29, 0.717) is 0 Å². The molecule has 0 saturated heterocycles. The maximum atomic E-state index is 5.81. The van der Waals surface area contributed by atoms with Crippen molar-refractivity contribution in [2.24, 2.45) is 10.7 Å². The van der Waals surface area contributed by atoms with Gasteiger partial charge in [0, 0.05) is 22.6 Å². The average molecular weight is 252 g/mol. The van der Waals surface area contributed by atoms with E-state index in [0.717, 1.165) is 10.2 Å². The fourth-order valence-electron chi connectivity index (χ4n) is 1.28. The molecule has 2 N–H and O–H groups in total. The second kappa shape index (κ2) is 3.94. The summed E-state index contributed by atoms with van der Waals surface area (Å²) in [6.07, 6.45) is 5.17. The molecular weight excluding hydrogens is 242 g/mol. The Balaban J connectivity index is 2.27. The van der Waals surface area contributed by atoms with E-state index in [9.17, 15) is 0 Å². The smallest absolute Gasteiger partial charge is 0.177 e. The van der Waals surface area contributed by atoms with Gasteiger partial charge in [0.25, 0.3) is 0 Å². The number of hydrogen-bond donors (Lipinski definition) is 1. The van der Waals surface area contributed by atoms with E-state index in [4.69, 9.17) is 5.73 Å². The van der Waals surface area contributed by atoms with Crippen molar-refractivity contribution in [2.75, 3.05) is 4.90 Å². The minimum Gasteiger partial charge on any atom is -0.313 e. The molecule has 0 bridgehead atoms. The van der Waals surface area contributed by atoms with Crippen LogP contribution in [-0.2, 0) is 0 Å². The third-order valence-electron chi connectivity index (χ3n) is 1.98. The molecule has 3 nitrogen and oxygen atoms in total. The van der Waals surface area contributed by atoms with E-state index < -0.39 is 0 Å². The highest BCUT2D eigenvalue weighted by molar-refractivity contribution is 9.10. The Bertz CT molecular complexity index is 369. The van der Waals surface area contributed by atoms with E-state index in [1.165, 1.54) is 0 Å². The Labute approximate surface area is 91.1 Å². The van der Waals surface area contributed by atoms with Crippen LogP contribution in [0.1, 0.15) is 0 Å². The van der Waals surface area contributed by atoms with Crippen molar-refractivity contribution >= 4 is 27.8 Å². The maximum Gasteiger partial charge on any atom is 0.177 e. The van der Waals surface area contributed by atoms with Crippen LogP contribution in [0.15, 0.2) is 46.0 Å². The number of nitrogens with zero attached hydrogens (tertiary/aromatic N) is 2. The summed E-state index contributed by atoms with van der Waals surface area (Å²) in [7, 11) is 0. The van der Waals surface area contributed by atoms with Crippen molar-refractivity contribution in [2.45, 2.75) is 6.29 Å². The van der Waals surface area contributed by atoms with Gasteiger partial charge in [-0.1, -0.05) is 15.9 Å². The molecule has 0 aliphatic carbocycles. The first kappa shape index (κ1) is 9.43. The first-order valence-corrected chi connectivity index (χ1v) is 5.06. The third kappa shape index (κ3) is 1.86. The summed E-state index contributed by atoms with van der Waals surface area (Å²) in [5, 5.41) is 0. The van der Waals surface area contributed by atoms with E-state index in [1.807, 2.05) is 41.4 Å². The quantitative estimate of drug-likeness (QED) is 0.831. The Morgan fingerprint density at radius 2 is 2.00 bits per heavy atom. The number of halogens is 1. The minimum absolute atomic E-state index is 0.318. The van der Waals surface area contributed by atoms with Crippen LogP contribution >= 0.6 is 15.9 Å². The molecule has 1 heterocycles. The summed E-state index contributed by atoms with van der Waals surface area (Å²) in [6, 6.07) is 7.95. The van der Waals surface area contributed by atoms with E-state index in [1.54, 1.807) is 6.21 Å². The van der Waals surface area contributed by atoms with Crippen LogP contribution in [0.3, 0.4) is 0 Å². The summed E-state index contributed by atoms with van der Waals surface area (Å²) in [4.78, 5) is 6.00. The Kier molecular flexibility index (Phi) is 2.65. The minimum atomic E-state index is -0.318. The van der Waals surface area contributed by atoms with Gasteiger partial charge in [0.2, 0.25) is 0 Å². The number of allylic oxidation sites excluding steroid dienone is 1. The Morgan fingerprint density at radius 3 is 2.64 bits per heavy atom. The number of rotatable bonds is 1. The summed E-state index contributed by atoms with van der Waals surface area (Å²) in [5.74, 6) is 0. The fraction of sp³-hybridized carbons (Fsp3) is 0.100. The molecule has 0 spiro atoms. The molecule has 0 saturated carbocycles. The predicted molar refractivity (Wildman–Crippen MR) is 62.2 cm³/mol. The monoisotopic (exact) mass is 251 g/mol. The van der Waals surface area contributed by atoms with Gasteiger partial charge >= 0.3 is 0 Å². The largest absolute Gasteiger partial charge is 0.313 e. The van der Waals surface area contributed by atoms with Crippen molar-refractivity contribution in [3.63, 3.8) is 0 Å². The maximum absolute atomic E-state index is 5.81. The van der Waals surface area contributed by atoms with Gasteiger partial charge in [-0.05, 0) is 30.3 Å². The van der Waals surface area contributed by atoms with E-state index in [-0.39, 0.29) is 6.29 Å². The second-order valence-electron chi connectivity index (χ2n) is 2.94. The normalized spacial score (nSPS) is 20.1. The Hall–Kier alpha value is -1.13. The predicted octanol–water partition coefficient (Wildman–Crippen LogP) is 2.10. The van der Waals surface area contributed by atoms with Gasteiger partial charge in [0.15, 0.2) is 6.29 Å². The first-order chi connectivity index (χ1) is 6.77. The van der Waals surface area contributed by atoms with Crippen LogP contribution < -0.4 is 10.6 Å². The number of aliphatic imine (C=N–C) groups is 1. The highest BCUT2D eigenvalue weighted by Crippen LogP contribution is 2.20. The van der Waals surface area contributed by atoms with Gasteiger partial charge in [-0.2, -0.15) is 0 Å². The summed E-state index contributed by atoms with van der Waals surface area (Å²) < 4.78 is 1.05. The van der Waals surface area contributed by atoms with Crippen LogP contribution in [0.25, 0.3) is 0 Å². The standard InChI is InChI=1S/C10H10BrN3/c11-8-2-4-9(5-3-8)14-7-1-6-13-10(14)12/h1-7,10H,12H2. The summed E-state index contributed by atoms with van der Waals surface area (Å²) in [5.41, 5.74) is 6.85. The molecule has 4 heteroatoms. The van der Waals surface area contributed by atoms with Crippen molar-refractivity contribution in [1.82, 2.24) is 0 Å². The molecule has 1 unspecified atom stereocenters. The van der Waals surface area contributed by atoms with Gasteiger partial charge < -0.3 is 4.90 Å². The summed E-state index contributed by atoms with van der Waals surface area (Å²) in [6.45, 7) is 0. The lowest BCUT2D eigenvalue weighted by molar-refractivity contribution is 0.711. The van der Waals surface area contributed by atoms with E-state index >= 15 is 0 Å². The second-order valence-corrected chi connectivity index (χ2v) is 3.85. The van der Waals surface area contributed by atoms with Crippen LogP contribution in [0.2, 0.25) is 0 Å². The number of benzene rings is 1. The highest BCUT2D eigenvalue weighted by Gasteiger charge is 2.11. The third-order valence-corrected chi connectivity index (χ3v) is 2.51. The van der Waals surface area contributed by atoms with E-state index in [2.05, 4.69) is 20.9 Å². The molecule has 14 heavy (non-hydrogen) atoms. The molecule has 1 aliphatic heterocycles. The molecule has 1 atom stereocenters. The van der Waals surface area contributed by atoms with Crippen molar-refractivity contribution < 1.29 is 0 Å². The number of hydrogen-bond acceptors (Lipinski definition) is 3. The SMILES string of the molecule is NC1N=CC=CN1c1ccc(Br)cc1. The van der Waals surface area contributed by atoms with Crippen LogP contribution in [-0.4, -0.2) is 12.5 Å². The lowest BCUT2D eigenvalue weighted by Crippen LogP contribution is -2.38. The zero-order valence-electron chi connectivity index (χ0n) is 7.47. The lowest BCUT2D eigenvalue weighted by Gasteiger charge is -2.26. The van der Waals surface area contributed by atoms with Crippen molar-refractivity contribution in [1.29, 1.82) is 0 Å². The van der Waals surface area contributed by atoms with Gasteiger partial charge in [0.05, 0.1) is 0 Å². The van der Waals surface area contributed by atoms with Crippen LogP contribution in [0.5, 0.6) is 0 Å². The van der Waals surface area contributed by atoms with Crippen molar-refractivity contribution in [3.8, 4) is 0 Å². The topological polar surface area (TPSA) is 41.6 Å². The summed E-state index contributed by atoms with van der Waals surface area (Å²) >= 11 is 3.39. The van der Waals surface area contributed by atoms with Crippen LogP contribution in [0, 0.1) is 0 Å². The van der Waals surface area contributed by atoms with Gasteiger partial charge in [0.1, 0.15) is 0 Å². The molecule has 1 aromatic rings. The van der Waals surface area contributed by atoms with Crippen molar-refractivity contribution in [3.05, 3.63) is 41.0 Å². The van der Waals surface area contributed by atoms with Gasteiger partial charge in [-0.15, -0.1) is 0 Å². The number of anilines is 1. The Morgan fingerprint density at radius 1 is 1.29 bits per heavy atom. The van der Waals surface area contributed by atoms with Gasteiger partial charge in [-0.25, -0.2) is 0 Å². The van der Waals surface area contributed by atoms with Crippen LogP contribution in [0.4, 0.5) is 5.69 Å². The lowest BCUT2D eigenvalue weighted by atomic mass is 10.3. The molecule has 0 amide bonds. The van der Waals surface area contributed by atoms with Gasteiger partial charge in [-0.3, -0.25) is 10.7 Å². The molecule has 72 valence electrons. The fourth-order valence-corrected chi connectivity index (χ4v) is 1.55. The molecule has 2 rings (SSSR count).